The Morgan fingerprint density at radius 1 is 1.13 bits per heavy atom. The molecule has 30 heavy (non-hydrogen) atoms. The Balaban J connectivity index is 1.65. The molecular weight excluding hydrogens is 378 g/mol. The number of nitrogens with one attached hydrogen (secondary N) is 1. The molecule has 2 amide bonds. The molecule has 0 radical (unpaired) electrons. The molecule has 7 heteroatoms. The molecule has 1 aromatic heterocycles. The number of methoxy groups -OCH3 is 1. The lowest BCUT2D eigenvalue weighted by atomic mass is 10.2. The summed E-state index contributed by atoms with van der Waals surface area (Å²) >= 11 is 0. The molecular formula is C23H27N5O2. The molecule has 2 heterocycles. The number of para-hydroxylation sites is 2. The third kappa shape index (κ3) is 4.30. The van der Waals surface area contributed by atoms with Gasteiger partial charge < -0.3 is 14.6 Å². The Morgan fingerprint density at radius 2 is 2.00 bits per heavy atom. The van der Waals surface area contributed by atoms with Gasteiger partial charge in [-0.05, 0) is 49.6 Å². The number of carbonyl (C=O) groups excluding carboxylic acids is 1. The van der Waals surface area contributed by atoms with Crippen molar-refractivity contribution in [2.24, 2.45) is 0 Å². The summed E-state index contributed by atoms with van der Waals surface area (Å²) in [6.07, 6.45) is 4.37. The van der Waals surface area contributed by atoms with Gasteiger partial charge in [-0.25, -0.2) is 4.79 Å². The third-order valence-corrected chi connectivity index (χ3v) is 5.39. The summed E-state index contributed by atoms with van der Waals surface area (Å²) in [5.74, 6) is 2.44. The molecule has 0 spiro atoms. The number of anilines is 2. The number of amides is 2. The molecule has 0 bridgehead atoms. The zero-order valence-corrected chi connectivity index (χ0v) is 17.5. The lowest BCUT2D eigenvalue weighted by molar-refractivity contribution is 0.256. The van der Waals surface area contributed by atoms with Crippen molar-refractivity contribution < 1.29 is 9.53 Å². The maximum absolute atomic E-state index is 13.4. The second-order valence-corrected chi connectivity index (χ2v) is 7.55. The fourth-order valence-corrected chi connectivity index (χ4v) is 3.81. The Bertz CT molecular complexity index is 1030. The Kier molecular flexibility index (Phi) is 5.97. The average molecular weight is 406 g/mol. The fraction of sp³-hybridized carbons (Fsp3) is 0.348. The van der Waals surface area contributed by atoms with Gasteiger partial charge in [0, 0.05) is 18.7 Å². The maximum atomic E-state index is 13.4. The van der Waals surface area contributed by atoms with Crippen LogP contribution in [0.3, 0.4) is 0 Å². The molecule has 2 aromatic carbocycles. The Morgan fingerprint density at radius 3 is 2.83 bits per heavy atom. The molecule has 1 aliphatic rings. The molecule has 3 aromatic rings. The van der Waals surface area contributed by atoms with E-state index in [1.165, 1.54) is 6.42 Å². The number of hydrogen-bond donors (Lipinski definition) is 1. The van der Waals surface area contributed by atoms with E-state index in [-0.39, 0.29) is 6.03 Å². The first-order chi connectivity index (χ1) is 14.7. The number of aryl methyl sites for hydroxylation is 2. The lowest BCUT2D eigenvalue weighted by Crippen LogP contribution is -2.35. The highest BCUT2D eigenvalue weighted by Gasteiger charge is 2.22. The van der Waals surface area contributed by atoms with Crippen LogP contribution in [-0.2, 0) is 19.5 Å². The van der Waals surface area contributed by atoms with Crippen molar-refractivity contribution in [2.75, 3.05) is 17.3 Å². The monoisotopic (exact) mass is 405 g/mol. The van der Waals surface area contributed by atoms with Gasteiger partial charge in [0.05, 0.1) is 19.3 Å². The van der Waals surface area contributed by atoms with Gasteiger partial charge in [0.2, 0.25) is 0 Å². The van der Waals surface area contributed by atoms with Crippen molar-refractivity contribution in [1.82, 2.24) is 14.8 Å². The van der Waals surface area contributed by atoms with E-state index >= 15 is 0 Å². The van der Waals surface area contributed by atoms with E-state index < -0.39 is 0 Å². The van der Waals surface area contributed by atoms with E-state index in [1.807, 2.05) is 55.5 Å². The van der Waals surface area contributed by atoms with E-state index in [0.717, 1.165) is 48.7 Å². The van der Waals surface area contributed by atoms with Crippen molar-refractivity contribution in [3.8, 4) is 5.75 Å². The summed E-state index contributed by atoms with van der Waals surface area (Å²) in [6, 6.07) is 15.1. The van der Waals surface area contributed by atoms with Crippen LogP contribution in [0.15, 0.2) is 48.5 Å². The smallest absolute Gasteiger partial charge is 0.326 e. The van der Waals surface area contributed by atoms with Crippen molar-refractivity contribution in [3.63, 3.8) is 0 Å². The molecule has 156 valence electrons. The number of hydrogen-bond acceptors (Lipinski definition) is 4. The number of carbonyl (C=O) groups is 1. The van der Waals surface area contributed by atoms with Crippen molar-refractivity contribution >= 4 is 17.4 Å². The van der Waals surface area contributed by atoms with Crippen LogP contribution in [0.5, 0.6) is 5.75 Å². The van der Waals surface area contributed by atoms with Crippen LogP contribution in [0.2, 0.25) is 0 Å². The highest BCUT2D eigenvalue weighted by Crippen LogP contribution is 2.26. The molecule has 0 unspecified atom stereocenters. The van der Waals surface area contributed by atoms with Crippen LogP contribution in [0.1, 0.15) is 36.5 Å². The van der Waals surface area contributed by atoms with Gasteiger partial charge in [-0.1, -0.05) is 30.7 Å². The summed E-state index contributed by atoms with van der Waals surface area (Å²) < 4.78 is 7.56. The molecule has 0 fully saturated rings. The van der Waals surface area contributed by atoms with Crippen LogP contribution in [0, 0.1) is 6.92 Å². The number of fused-ring (bicyclic) bond motifs is 1. The van der Waals surface area contributed by atoms with E-state index in [1.54, 1.807) is 12.0 Å². The molecule has 4 rings (SSSR count). The first-order valence-electron chi connectivity index (χ1n) is 10.3. The number of nitrogens with zero attached hydrogens (tertiary/aromatic N) is 4. The highest BCUT2D eigenvalue weighted by molar-refractivity contribution is 6.02. The first kappa shape index (κ1) is 19.9. The lowest BCUT2D eigenvalue weighted by Gasteiger charge is -2.24. The Hall–Kier alpha value is -3.35. The van der Waals surface area contributed by atoms with Gasteiger partial charge >= 0.3 is 6.03 Å². The maximum Gasteiger partial charge on any atom is 0.326 e. The zero-order chi connectivity index (χ0) is 20.9. The van der Waals surface area contributed by atoms with E-state index in [9.17, 15) is 4.79 Å². The zero-order valence-electron chi connectivity index (χ0n) is 17.5. The number of urea groups is 1. The van der Waals surface area contributed by atoms with Crippen LogP contribution >= 0.6 is 0 Å². The summed E-state index contributed by atoms with van der Waals surface area (Å²) in [6.45, 7) is 3.26. The summed E-state index contributed by atoms with van der Waals surface area (Å²) in [5.41, 5.74) is 2.53. The van der Waals surface area contributed by atoms with Crippen molar-refractivity contribution in [2.45, 2.75) is 45.7 Å². The molecule has 1 aliphatic heterocycles. The van der Waals surface area contributed by atoms with E-state index in [4.69, 9.17) is 4.74 Å². The molecule has 0 atom stereocenters. The van der Waals surface area contributed by atoms with Crippen LogP contribution in [0.25, 0.3) is 0 Å². The average Bonchev–Trinajstić information content (AvgIpc) is 2.97. The fourth-order valence-electron chi connectivity index (χ4n) is 3.81. The molecule has 0 aliphatic carbocycles. The third-order valence-electron chi connectivity index (χ3n) is 5.39. The minimum atomic E-state index is -0.240. The SMILES string of the molecule is COc1ccccc1NC(=O)N(Cc1nnc2n1CCCCC2)c1cccc(C)c1. The topological polar surface area (TPSA) is 72.3 Å². The summed E-state index contributed by atoms with van der Waals surface area (Å²) in [7, 11) is 1.59. The van der Waals surface area contributed by atoms with Crippen molar-refractivity contribution in [1.29, 1.82) is 0 Å². The number of ether oxygens (including phenoxy) is 1. The largest absolute Gasteiger partial charge is 0.495 e. The quantitative estimate of drug-likeness (QED) is 0.675. The van der Waals surface area contributed by atoms with E-state index in [2.05, 4.69) is 20.1 Å². The van der Waals surface area contributed by atoms with Gasteiger partial charge in [0.15, 0.2) is 5.82 Å². The van der Waals surface area contributed by atoms with Crippen LogP contribution in [0.4, 0.5) is 16.2 Å². The van der Waals surface area contributed by atoms with Crippen LogP contribution < -0.4 is 15.0 Å². The van der Waals surface area contributed by atoms with Crippen molar-refractivity contribution in [3.05, 3.63) is 65.7 Å². The normalized spacial score (nSPS) is 13.3. The number of benzene rings is 2. The van der Waals surface area contributed by atoms with Gasteiger partial charge in [-0.3, -0.25) is 4.90 Å². The van der Waals surface area contributed by atoms with Gasteiger partial charge in [-0.2, -0.15) is 0 Å². The highest BCUT2D eigenvalue weighted by atomic mass is 16.5. The van der Waals surface area contributed by atoms with E-state index in [0.29, 0.717) is 18.0 Å². The minimum absolute atomic E-state index is 0.240. The second-order valence-electron chi connectivity index (χ2n) is 7.55. The minimum Gasteiger partial charge on any atom is -0.495 e. The predicted molar refractivity (Wildman–Crippen MR) is 117 cm³/mol. The number of aromatic nitrogens is 3. The van der Waals surface area contributed by atoms with Gasteiger partial charge in [0.1, 0.15) is 11.6 Å². The molecule has 0 saturated heterocycles. The predicted octanol–water partition coefficient (Wildman–Crippen LogP) is 4.56. The standard InChI is InChI=1S/C23H27N5O2/c1-17-9-8-10-18(15-17)28(23(29)24-19-11-5-6-12-20(19)30-2)16-22-26-25-21-13-4-3-7-14-27(21)22/h5-6,8-12,15H,3-4,7,13-14,16H2,1-2H3,(H,24,29). The molecule has 1 N–H and O–H groups in total. The first-order valence-corrected chi connectivity index (χ1v) is 10.3. The Labute approximate surface area is 176 Å². The molecule has 0 saturated carbocycles. The number of rotatable bonds is 5. The van der Waals surface area contributed by atoms with Gasteiger partial charge in [-0.15, -0.1) is 10.2 Å². The summed E-state index contributed by atoms with van der Waals surface area (Å²) in [4.78, 5) is 15.1. The molecule has 7 nitrogen and oxygen atoms in total. The van der Waals surface area contributed by atoms with Crippen LogP contribution in [-0.4, -0.2) is 27.9 Å². The second kappa shape index (κ2) is 8.98. The summed E-state index contributed by atoms with van der Waals surface area (Å²) in [5, 5.41) is 11.8. The van der Waals surface area contributed by atoms with Gasteiger partial charge in [0.25, 0.3) is 0 Å².